The van der Waals surface area contributed by atoms with Crippen molar-refractivity contribution in [3.63, 3.8) is 0 Å². The van der Waals surface area contributed by atoms with Gasteiger partial charge < -0.3 is 14.9 Å². The Morgan fingerprint density at radius 2 is 1.38 bits per heavy atom. The van der Waals surface area contributed by atoms with E-state index in [2.05, 4.69) is 0 Å². The van der Waals surface area contributed by atoms with Gasteiger partial charge >= 0.3 is 35.5 Å². The van der Waals surface area contributed by atoms with Crippen molar-refractivity contribution >= 4 is 35.5 Å². The average molecular weight is 296 g/mol. The molecule has 0 amide bonds. The molecule has 0 aromatic heterocycles. The molecule has 106 valence electrons. The SMILES string of the molecule is COC(c1ccccc1)(c1ccccc1)[C@H](O)C(=O)O.[NaH]. The van der Waals surface area contributed by atoms with Gasteiger partial charge in [-0.15, -0.1) is 0 Å². The summed E-state index contributed by atoms with van der Waals surface area (Å²) in [6.45, 7) is 0. The van der Waals surface area contributed by atoms with Crippen LogP contribution in [0.25, 0.3) is 0 Å². The van der Waals surface area contributed by atoms with E-state index in [0.717, 1.165) is 0 Å². The van der Waals surface area contributed by atoms with Crippen LogP contribution in [0, 0.1) is 0 Å². The van der Waals surface area contributed by atoms with E-state index >= 15 is 0 Å². The number of carboxylic acids is 1. The van der Waals surface area contributed by atoms with Gasteiger partial charge in [-0.25, -0.2) is 4.79 Å². The van der Waals surface area contributed by atoms with Crippen molar-refractivity contribution in [3.8, 4) is 0 Å². The number of methoxy groups -OCH3 is 1. The summed E-state index contributed by atoms with van der Waals surface area (Å²) < 4.78 is 5.50. The van der Waals surface area contributed by atoms with Gasteiger partial charge in [-0.1, -0.05) is 60.7 Å². The summed E-state index contributed by atoms with van der Waals surface area (Å²) in [5.74, 6) is -1.33. The molecule has 0 spiro atoms. The first-order valence-electron chi connectivity index (χ1n) is 6.20. The van der Waals surface area contributed by atoms with Gasteiger partial charge in [0, 0.05) is 7.11 Å². The van der Waals surface area contributed by atoms with Crippen molar-refractivity contribution in [3.05, 3.63) is 71.8 Å². The summed E-state index contributed by atoms with van der Waals surface area (Å²) >= 11 is 0. The Labute approximate surface area is 145 Å². The Kier molecular flexibility index (Phi) is 6.58. The van der Waals surface area contributed by atoms with Crippen LogP contribution in [0.5, 0.6) is 0 Å². The van der Waals surface area contributed by atoms with Crippen molar-refractivity contribution in [1.82, 2.24) is 0 Å². The third-order valence-corrected chi connectivity index (χ3v) is 3.35. The number of aliphatic carboxylic acids is 1. The molecule has 0 bridgehead atoms. The van der Waals surface area contributed by atoms with Crippen LogP contribution in [0.1, 0.15) is 11.1 Å². The van der Waals surface area contributed by atoms with Gasteiger partial charge in [0.15, 0.2) is 11.7 Å². The Hall–Kier alpha value is -1.17. The van der Waals surface area contributed by atoms with E-state index in [1.165, 1.54) is 7.11 Å². The molecule has 0 unspecified atom stereocenters. The molecule has 21 heavy (non-hydrogen) atoms. The first-order valence-corrected chi connectivity index (χ1v) is 6.20. The number of rotatable bonds is 5. The number of hydrogen-bond donors (Lipinski definition) is 2. The Morgan fingerprint density at radius 1 is 1.00 bits per heavy atom. The molecule has 0 heterocycles. The maximum atomic E-state index is 11.3. The van der Waals surface area contributed by atoms with Gasteiger partial charge in [0.25, 0.3) is 0 Å². The van der Waals surface area contributed by atoms with Crippen molar-refractivity contribution in [2.24, 2.45) is 0 Å². The van der Waals surface area contributed by atoms with Gasteiger partial charge in [0.1, 0.15) is 0 Å². The standard InChI is InChI=1S/C16H16O4.Na.H/c1-20-16(14(17)15(18)19,12-8-4-2-5-9-12)13-10-6-3-7-11-13;;/h2-11,14,17H,1H3,(H,18,19);;/t14-;;/m1../s1. The number of carboxylic acid groups (broad SMARTS) is 1. The predicted octanol–water partition coefficient (Wildman–Crippen LogP) is 1.37. The molecular formula is C16H17NaO4. The van der Waals surface area contributed by atoms with Crippen molar-refractivity contribution in [2.75, 3.05) is 7.11 Å². The van der Waals surface area contributed by atoms with E-state index in [0.29, 0.717) is 11.1 Å². The van der Waals surface area contributed by atoms with E-state index < -0.39 is 17.7 Å². The molecule has 2 rings (SSSR count). The van der Waals surface area contributed by atoms with E-state index in [4.69, 9.17) is 4.74 Å². The van der Waals surface area contributed by atoms with Crippen LogP contribution in [0.2, 0.25) is 0 Å². The molecule has 0 radical (unpaired) electrons. The normalized spacial score (nSPS) is 12.3. The quantitative estimate of drug-likeness (QED) is 0.818. The topological polar surface area (TPSA) is 66.8 Å². The first-order chi connectivity index (χ1) is 9.63. The first kappa shape index (κ1) is 17.9. The molecule has 0 aliphatic carbocycles. The van der Waals surface area contributed by atoms with Crippen LogP contribution in [-0.2, 0) is 15.1 Å². The maximum absolute atomic E-state index is 11.3. The minimum atomic E-state index is -1.71. The second-order valence-electron chi connectivity index (χ2n) is 4.41. The van der Waals surface area contributed by atoms with Crippen LogP contribution in [0.4, 0.5) is 0 Å². The molecule has 0 saturated heterocycles. The van der Waals surface area contributed by atoms with Crippen molar-refractivity contribution in [1.29, 1.82) is 0 Å². The van der Waals surface area contributed by atoms with Gasteiger partial charge in [-0.05, 0) is 11.1 Å². The van der Waals surface area contributed by atoms with E-state index in [1.807, 2.05) is 12.1 Å². The third kappa shape index (κ3) is 3.36. The second-order valence-corrected chi connectivity index (χ2v) is 4.41. The van der Waals surface area contributed by atoms with Gasteiger partial charge in [-0.3, -0.25) is 0 Å². The minimum absolute atomic E-state index is 0. The summed E-state index contributed by atoms with van der Waals surface area (Å²) in [7, 11) is 1.40. The average Bonchev–Trinajstić information content (AvgIpc) is 2.50. The molecule has 1 atom stereocenters. The van der Waals surface area contributed by atoms with Crippen LogP contribution in [-0.4, -0.2) is 59.0 Å². The van der Waals surface area contributed by atoms with Crippen LogP contribution in [0.3, 0.4) is 0 Å². The number of aliphatic hydroxyl groups is 1. The van der Waals surface area contributed by atoms with Crippen molar-refractivity contribution in [2.45, 2.75) is 11.7 Å². The fourth-order valence-electron chi connectivity index (χ4n) is 2.38. The van der Waals surface area contributed by atoms with Crippen molar-refractivity contribution < 1.29 is 19.7 Å². The van der Waals surface area contributed by atoms with Crippen LogP contribution in [0.15, 0.2) is 60.7 Å². The predicted molar refractivity (Wildman–Crippen MR) is 81.5 cm³/mol. The zero-order valence-corrected chi connectivity index (χ0v) is 11.1. The van der Waals surface area contributed by atoms with Gasteiger partial charge in [-0.2, -0.15) is 0 Å². The van der Waals surface area contributed by atoms with Gasteiger partial charge in [0.2, 0.25) is 0 Å². The summed E-state index contributed by atoms with van der Waals surface area (Å²) in [5.41, 5.74) is -0.263. The zero-order valence-electron chi connectivity index (χ0n) is 11.1. The van der Waals surface area contributed by atoms with Gasteiger partial charge in [0.05, 0.1) is 0 Å². The Balaban J connectivity index is 0.00000220. The summed E-state index contributed by atoms with van der Waals surface area (Å²) in [5, 5.41) is 19.5. The Morgan fingerprint density at radius 3 is 1.67 bits per heavy atom. The van der Waals surface area contributed by atoms with E-state index in [-0.39, 0.29) is 29.6 Å². The van der Waals surface area contributed by atoms with E-state index in [1.54, 1.807) is 48.5 Å². The number of ether oxygens (including phenoxy) is 1. The molecular weight excluding hydrogens is 279 g/mol. The summed E-state index contributed by atoms with van der Waals surface area (Å²) in [4.78, 5) is 11.3. The summed E-state index contributed by atoms with van der Waals surface area (Å²) in [6, 6.07) is 17.7. The van der Waals surface area contributed by atoms with Crippen LogP contribution < -0.4 is 0 Å². The number of benzene rings is 2. The molecule has 0 aliphatic rings. The molecule has 2 aromatic carbocycles. The summed E-state index contributed by atoms with van der Waals surface area (Å²) in [6.07, 6.45) is -1.71. The zero-order chi connectivity index (χ0) is 14.6. The number of carbonyl (C=O) groups is 1. The molecule has 4 nitrogen and oxygen atoms in total. The third-order valence-electron chi connectivity index (χ3n) is 3.35. The monoisotopic (exact) mass is 296 g/mol. The molecule has 2 aromatic rings. The molecule has 2 N–H and O–H groups in total. The fraction of sp³-hybridized carbons (Fsp3) is 0.188. The Bertz CT molecular complexity index is 532. The second kappa shape index (κ2) is 7.73. The van der Waals surface area contributed by atoms with Crippen LogP contribution >= 0.6 is 0 Å². The van der Waals surface area contributed by atoms with E-state index in [9.17, 15) is 15.0 Å². The molecule has 0 saturated carbocycles. The molecule has 5 heteroatoms. The molecule has 0 aliphatic heterocycles. The number of hydrogen-bond acceptors (Lipinski definition) is 3. The molecule has 0 fully saturated rings. The number of aliphatic hydroxyl groups excluding tert-OH is 1. The fourth-order valence-corrected chi connectivity index (χ4v) is 2.38.